The Morgan fingerprint density at radius 1 is 0.310 bits per heavy atom. The molecule has 16 rings (SSSR count). The molecule has 0 saturated carbocycles. The van der Waals surface area contributed by atoms with Gasteiger partial charge in [-0.1, -0.05) is 382 Å². The fourth-order valence-electron chi connectivity index (χ4n) is 11.7. The fraction of sp³-hybridized carbons (Fsp3) is 0.0337. The van der Waals surface area contributed by atoms with Gasteiger partial charge in [0, 0.05) is 50.8 Å². The van der Waals surface area contributed by atoms with Crippen LogP contribution in [0.3, 0.4) is 0 Å². The van der Waals surface area contributed by atoms with Crippen molar-refractivity contribution in [2.24, 2.45) is 10.7 Å². The van der Waals surface area contributed by atoms with Crippen LogP contribution in [0.15, 0.2) is 424 Å². The van der Waals surface area contributed by atoms with Gasteiger partial charge in [0.2, 0.25) is 0 Å². The van der Waals surface area contributed by atoms with Crippen LogP contribution >= 0.6 is 31.7 Å². The predicted octanol–water partition coefficient (Wildman–Crippen LogP) is 15.8. The molecule has 1 unspecified atom stereocenters. The van der Waals surface area contributed by atoms with Crippen LogP contribution in [0.1, 0.15) is 18.3 Å². The molecule has 13 aromatic carbocycles. The van der Waals surface area contributed by atoms with E-state index in [1.165, 1.54) is 70.0 Å². The van der Waals surface area contributed by atoms with Crippen LogP contribution in [-0.2, 0) is 32.5 Å². The number of imidazole rings is 1. The molecule has 6 nitrogen and oxygen atoms in total. The standard InChI is InChI=1S/4C18H15P.C17H16N6.Pd/c4*1-4-10-16(11-5-1)19(17-12-6-2-7-13-17)18-14-8-3-9-15-18;1-17(10-23-6-5-21-16(23)15(18)22-17)14-4-2-3-12(7-14)13-8-19-11-20-9-13;/h4*1-15H;2-9,11H,10H2,1H3,(H2,18,22);. The van der Waals surface area contributed by atoms with Gasteiger partial charge >= 0.3 is 0 Å². The Morgan fingerprint density at radius 3 is 0.790 bits per heavy atom. The van der Waals surface area contributed by atoms with Gasteiger partial charge in [0.1, 0.15) is 11.9 Å². The Balaban J connectivity index is 0.000000126. The van der Waals surface area contributed by atoms with Crippen molar-refractivity contribution < 1.29 is 20.4 Å². The van der Waals surface area contributed by atoms with Gasteiger partial charge in [0.05, 0.1) is 6.54 Å². The number of aromatic nitrogens is 4. The third kappa shape index (κ3) is 19.3. The van der Waals surface area contributed by atoms with E-state index in [0.29, 0.717) is 12.4 Å². The first kappa shape index (κ1) is 71.3. The van der Waals surface area contributed by atoms with Crippen molar-refractivity contribution >= 4 is 101 Å². The van der Waals surface area contributed by atoms with E-state index >= 15 is 0 Å². The zero-order valence-corrected chi connectivity index (χ0v) is 60.6. The second-order valence-electron chi connectivity index (χ2n) is 23.2. The fourth-order valence-corrected chi connectivity index (χ4v) is 20.9. The summed E-state index contributed by atoms with van der Waals surface area (Å²) in [5.74, 6) is 1.20. The van der Waals surface area contributed by atoms with Crippen LogP contribution in [-0.4, -0.2) is 25.4 Å². The second-order valence-corrected chi connectivity index (χ2v) is 32.1. The first-order valence-corrected chi connectivity index (χ1v) is 38.4. The Bertz CT molecular complexity index is 3970. The van der Waals surface area contributed by atoms with Crippen molar-refractivity contribution in [1.29, 1.82) is 0 Å². The van der Waals surface area contributed by atoms with Gasteiger partial charge < -0.3 is 10.3 Å². The van der Waals surface area contributed by atoms with E-state index in [2.05, 4.69) is 398 Å². The largest absolute Gasteiger partial charge is 0.381 e. The SMILES string of the molecule is CC1(c2cccc(-c3cncnc3)c2)Cn2ccnc2C(N)=N1.[Pd].c1ccc(P(c2ccccc2)c2ccccc2)cc1.c1ccc(P(c2ccccc2)c2ccccc2)cc1.c1ccc(P(c2ccccc2)c2ccccc2)cc1.c1ccc(P(c2ccccc2)c2ccccc2)cc1. The average Bonchev–Trinajstić information content (AvgIpc) is 1.42. The second kappa shape index (κ2) is 37.3. The summed E-state index contributed by atoms with van der Waals surface area (Å²) in [6, 6.07) is 138. The van der Waals surface area contributed by atoms with E-state index in [0.717, 1.165) is 22.5 Å². The van der Waals surface area contributed by atoms with Crippen molar-refractivity contribution in [3.63, 3.8) is 0 Å². The van der Waals surface area contributed by atoms with Crippen LogP contribution in [0.25, 0.3) is 11.1 Å². The van der Waals surface area contributed by atoms with Crippen molar-refractivity contribution in [1.82, 2.24) is 19.5 Å². The number of nitrogens with zero attached hydrogens (tertiary/aromatic N) is 5. The van der Waals surface area contributed by atoms with Gasteiger partial charge in [-0.25, -0.2) is 15.0 Å². The molecule has 2 N–H and O–H groups in total. The van der Waals surface area contributed by atoms with Crippen molar-refractivity contribution in [3.05, 3.63) is 431 Å². The molecule has 492 valence electrons. The average molecular weight is 1460 g/mol. The summed E-state index contributed by atoms with van der Waals surface area (Å²) in [5.41, 5.74) is 8.82. The molecule has 11 heteroatoms. The topological polar surface area (TPSA) is 82.0 Å². The van der Waals surface area contributed by atoms with Crippen molar-refractivity contribution in [2.75, 3.05) is 0 Å². The first-order chi connectivity index (χ1) is 49.0. The first-order valence-electron chi connectivity index (χ1n) is 33.0. The summed E-state index contributed by atoms with van der Waals surface area (Å²) >= 11 is 0. The van der Waals surface area contributed by atoms with Gasteiger partial charge in [-0.3, -0.25) is 4.99 Å². The van der Waals surface area contributed by atoms with Crippen LogP contribution in [0.5, 0.6) is 0 Å². The molecule has 0 bridgehead atoms. The molecule has 0 amide bonds. The minimum Gasteiger partial charge on any atom is -0.381 e. The summed E-state index contributed by atoms with van der Waals surface area (Å²) in [4.78, 5) is 17.1. The molecule has 0 radical (unpaired) electrons. The normalized spacial score (nSPS) is 12.6. The van der Waals surface area contributed by atoms with E-state index < -0.39 is 37.2 Å². The zero-order chi connectivity index (χ0) is 67.5. The quantitative estimate of drug-likeness (QED) is 0.0869. The van der Waals surface area contributed by atoms with E-state index in [4.69, 9.17) is 10.7 Å². The molecule has 0 aliphatic carbocycles. The summed E-state index contributed by atoms with van der Waals surface area (Å²) in [6.45, 7) is 2.79. The summed E-state index contributed by atoms with van der Waals surface area (Å²) in [6.07, 6.45) is 8.83. The molecule has 0 fully saturated rings. The summed E-state index contributed by atoms with van der Waals surface area (Å²) < 4.78 is 2.04. The number of hydrogen-bond donors (Lipinski definition) is 1. The Kier molecular flexibility index (Phi) is 26.6. The van der Waals surface area contributed by atoms with Gasteiger partial charge in [0.15, 0.2) is 11.7 Å². The molecule has 1 aliphatic heterocycles. The van der Waals surface area contributed by atoms with Crippen molar-refractivity contribution in [3.8, 4) is 11.1 Å². The van der Waals surface area contributed by atoms with Crippen molar-refractivity contribution in [2.45, 2.75) is 19.0 Å². The predicted molar refractivity (Wildman–Crippen MR) is 428 cm³/mol. The van der Waals surface area contributed by atoms with Crippen LogP contribution < -0.4 is 69.4 Å². The molecule has 1 atom stereocenters. The minimum atomic E-state index is -0.446. The summed E-state index contributed by atoms with van der Waals surface area (Å²) in [5, 5.41) is 16.8. The van der Waals surface area contributed by atoms with E-state index in [1.54, 1.807) is 18.6 Å². The molecule has 0 saturated heterocycles. The number of amidine groups is 1. The Labute approximate surface area is 608 Å². The maximum Gasteiger partial charge on any atom is 0.175 e. The van der Waals surface area contributed by atoms with E-state index in [-0.39, 0.29) is 20.4 Å². The number of rotatable bonds is 14. The smallest absolute Gasteiger partial charge is 0.175 e. The minimum absolute atomic E-state index is 0. The Hall–Kier alpha value is -10.00. The molecule has 100 heavy (non-hydrogen) atoms. The number of aliphatic imine (C=N–C) groups is 1. The number of hydrogen-bond acceptors (Lipinski definition) is 5. The zero-order valence-electron chi connectivity index (χ0n) is 55.5. The monoisotopic (exact) mass is 1460 g/mol. The van der Waals surface area contributed by atoms with Gasteiger partial charge in [0.25, 0.3) is 0 Å². The number of fused-ring (bicyclic) bond motifs is 1. The maximum absolute atomic E-state index is 6.10. The van der Waals surface area contributed by atoms with Crippen LogP contribution in [0.2, 0.25) is 0 Å². The molecule has 0 spiro atoms. The Morgan fingerprint density at radius 2 is 0.550 bits per heavy atom. The number of benzene rings is 13. The van der Waals surface area contributed by atoms with Gasteiger partial charge in [-0.2, -0.15) is 0 Å². The molecular weight excluding hydrogens is 1380 g/mol. The summed E-state index contributed by atoms with van der Waals surface area (Å²) in [7, 11) is -1.78. The maximum atomic E-state index is 6.10. The van der Waals surface area contributed by atoms with Gasteiger partial charge in [-0.05, 0) is 119 Å². The molecule has 2 aromatic heterocycles. The van der Waals surface area contributed by atoms with E-state index in [1.807, 2.05) is 22.9 Å². The molecule has 3 heterocycles. The van der Waals surface area contributed by atoms with Crippen LogP contribution in [0.4, 0.5) is 0 Å². The third-order valence-corrected chi connectivity index (χ3v) is 26.1. The van der Waals surface area contributed by atoms with Gasteiger partial charge in [-0.15, -0.1) is 0 Å². The molecule has 15 aromatic rings. The van der Waals surface area contributed by atoms with E-state index in [9.17, 15) is 0 Å². The molecule has 1 aliphatic rings. The third-order valence-electron chi connectivity index (χ3n) is 16.3. The molecular formula is C89H76N6P4Pd. The van der Waals surface area contributed by atoms with Crippen LogP contribution in [0, 0.1) is 0 Å². The number of nitrogens with two attached hydrogens (primary N) is 1.